The summed E-state index contributed by atoms with van der Waals surface area (Å²) in [7, 11) is 0. The Morgan fingerprint density at radius 1 is 1.27 bits per heavy atom. The molecule has 0 bridgehead atoms. The number of aromatic hydroxyl groups is 2. The monoisotopic (exact) mass is 228 g/mol. The SMILES string of the molecule is Cl.NCCc1c[nH]c2c(O)cc(O)cc12. The predicted octanol–water partition coefficient (Wildman–Crippen LogP) is 1.50. The van der Waals surface area contributed by atoms with Gasteiger partial charge < -0.3 is 20.9 Å². The second-order valence-corrected chi connectivity index (χ2v) is 3.24. The lowest BCUT2D eigenvalue weighted by atomic mass is 10.1. The molecule has 5 heteroatoms. The highest BCUT2D eigenvalue weighted by Gasteiger charge is 2.08. The summed E-state index contributed by atoms with van der Waals surface area (Å²) in [4.78, 5) is 2.95. The molecule has 4 nitrogen and oxygen atoms in total. The van der Waals surface area contributed by atoms with Crippen LogP contribution in [-0.2, 0) is 6.42 Å². The maximum Gasteiger partial charge on any atom is 0.143 e. The topological polar surface area (TPSA) is 82.3 Å². The Balaban J connectivity index is 0.00000112. The second-order valence-electron chi connectivity index (χ2n) is 3.24. The van der Waals surface area contributed by atoms with Gasteiger partial charge in [-0.05, 0) is 24.6 Å². The van der Waals surface area contributed by atoms with Gasteiger partial charge in [0.1, 0.15) is 11.5 Å². The zero-order valence-electron chi connectivity index (χ0n) is 8.03. The molecule has 0 aliphatic carbocycles. The summed E-state index contributed by atoms with van der Waals surface area (Å²) < 4.78 is 0. The van der Waals surface area contributed by atoms with Crippen LogP contribution in [-0.4, -0.2) is 21.7 Å². The van der Waals surface area contributed by atoms with Gasteiger partial charge in [0.05, 0.1) is 5.52 Å². The quantitative estimate of drug-likeness (QED) is 0.629. The molecule has 5 N–H and O–H groups in total. The van der Waals surface area contributed by atoms with E-state index in [-0.39, 0.29) is 23.9 Å². The zero-order valence-corrected chi connectivity index (χ0v) is 8.84. The smallest absolute Gasteiger partial charge is 0.143 e. The van der Waals surface area contributed by atoms with Crippen LogP contribution in [0.5, 0.6) is 11.5 Å². The molecular formula is C10H13ClN2O2. The highest BCUT2D eigenvalue weighted by molar-refractivity contribution is 5.89. The highest BCUT2D eigenvalue weighted by atomic mass is 35.5. The van der Waals surface area contributed by atoms with Gasteiger partial charge in [0.2, 0.25) is 0 Å². The summed E-state index contributed by atoms with van der Waals surface area (Å²) in [5.41, 5.74) is 7.10. The third-order valence-corrected chi connectivity index (χ3v) is 2.25. The molecule has 0 fully saturated rings. The fraction of sp³-hybridized carbons (Fsp3) is 0.200. The third kappa shape index (κ3) is 2.00. The number of hydrogen-bond donors (Lipinski definition) is 4. The summed E-state index contributed by atoms with van der Waals surface area (Å²) in [6.07, 6.45) is 2.53. The number of phenols is 2. The number of benzene rings is 1. The van der Waals surface area contributed by atoms with Gasteiger partial charge in [0.25, 0.3) is 0 Å². The lowest BCUT2D eigenvalue weighted by molar-refractivity contribution is 0.454. The maximum absolute atomic E-state index is 9.51. The first-order valence-corrected chi connectivity index (χ1v) is 4.44. The number of rotatable bonds is 2. The van der Waals surface area contributed by atoms with Crippen molar-refractivity contribution >= 4 is 23.3 Å². The number of fused-ring (bicyclic) bond motifs is 1. The van der Waals surface area contributed by atoms with Gasteiger partial charge in [-0.2, -0.15) is 0 Å². The first-order chi connectivity index (χ1) is 6.72. The Morgan fingerprint density at radius 3 is 2.67 bits per heavy atom. The zero-order chi connectivity index (χ0) is 10.1. The van der Waals surface area contributed by atoms with Crippen LogP contribution < -0.4 is 5.73 Å². The third-order valence-electron chi connectivity index (χ3n) is 2.25. The van der Waals surface area contributed by atoms with Gasteiger partial charge >= 0.3 is 0 Å². The fourth-order valence-corrected chi connectivity index (χ4v) is 1.62. The van der Waals surface area contributed by atoms with Crippen LogP contribution in [0.25, 0.3) is 10.9 Å². The van der Waals surface area contributed by atoms with Crippen molar-refractivity contribution in [1.29, 1.82) is 0 Å². The lowest BCUT2D eigenvalue weighted by Crippen LogP contribution is -2.01. The van der Waals surface area contributed by atoms with Crippen molar-refractivity contribution in [2.45, 2.75) is 6.42 Å². The number of phenolic OH excluding ortho intramolecular Hbond substituents is 2. The number of aromatic nitrogens is 1. The van der Waals surface area contributed by atoms with E-state index >= 15 is 0 Å². The van der Waals surface area contributed by atoms with Crippen molar-refractivity contribution in [3.05, 3.63) is 23.9 Å². The van der Waals surface area contributed by atoms with E-state index in [0.717, 1.165) is 17.4 Å². The van der Waals surface area contributed by atoms with Crippen LogP contribution in [0.2, 0.25) is 0 Å². The van der Waals surface area contributed by atoms with Crippen LogP contribution in [0.15, 0.2) is 18.3 Å². The predicted molar refractivity (Wildman–Crippen MR) is 61.6 cm³/mol. The largest absolute Gasteiger partial charge is 0.508 e. The van der Waals surface area contributed by atoms with Gasteiger partial charge in [0, 0.05) is 17.6 Å². The number of nitrogens with one attached hydrogen (secondary N) is 1. The molecule has 0 amide bonds. The Kier molecular flexibility index (Phi) is 3.44. The Bertz CT molecular complexity index is 468. The van der Waals surface area contributed by atoms with Crippen LogP contribution in [0.3, 0.4) is 0 Å². The Labute approximate surface area is 93.1 Å². The van der Waals surface area contributed by atoms with E-state index in [9.17, 15) is 10.2 Å². The van der Waals surface area contributed by atoms with Crippen LogP contribution in [0, 0.1) is 0 Å². The van der Waals surface area contributed by atoms with E-state index in [1.54, 1.807) is 12.3 Å². The number of H-pyrrole nitrogens is 1. The van der Waals surface area contributed by atoms with Crippen molar-refractivity contribution in [2.75, 3.05) is 6.54 Å². The number of hydrogen-bond acceptors (Lipinski definition) is 3. The van der Waals surface area contributed by atoms with Crippen LogP contribution >= 0.6 is 12.4 Å². The van der Waals surface area contributed by atoms with E-state index in [2.05, 4.69) is 4.98 Å². The molecule has 2 rings (SSSR count). The van der Waals surface area contributed by atoms with Gasteiger partial charge in [-0.3, -0.25) is 0 Å². The average molecular weight is 229 g/mol. The normalized spacial score (nSPS) is 10.2. The number of halogens is 1. The van der Waals surface area contributed by atoms with Crippen molar-refractivity contribution in [2.24, 2.45) is 5.73 Å². The minimum Gasteiger partial charge on any atom is -0.508 e. The molecule has 0 unspecified atom stereocenters. The molecule has 0 saturated carbocycles. The molecule has 82 valence electrons. The van der Waals surface area contributed by atoms with Crippen molar-refractivity contribution in [3.63, 3.8) is 0 Å². The Hall–Kier alpha value is -1.39. The standard InChI is InChI=1S/C10H12N2O2.ClH/c11-2-1-6-5-12-10-8(6)3-7(13)4-9(10)14;/h3-5,12-14H,1-2,11H2;1H. The van der Waals surface area contributed by atoms with E-state index in [1.165, 1.54) is 6.07 Å². The van der Waals surface area contributed by atoms with Crippen LogP contribution in [0.1, 0.15) is 5.56 Å². The molecular weight excluding hydrogens is 216 g/mol. The van der Waals surface area contributed by atoms with Crippen molar-refractivity contribution in [1.82, 2.24) is 4.98 Å². The first kappa shape index (κ1) is 11.7. The van der Waals surface area contributed by atoms with Gasteiger partial charge in [-0.15, -0.1) is 12.4 Å². The average Bonchev–Trinajstić information content (AvgIpc) is 2.49. The summed E-state index contributed by atoms with van der Waals surface area (Å²) in [5.74, 6) is 0.121. The summed E-state index contributed by atoms with van der Waals surface area (Å²) in [5, 5.41) is 19.7. The van der Waals surface area contributed by atoms with Crippen molar-refractivity contribution < 1.29 is 10.2 Å². The number of nitrogens with two attached hydrogens (primary N) is 1. The molecule has 0 aliphatic rings. The number of aromatic amines is 1. The van der Waals surface area contributed by atoms with Gasteiger partial charge in [-0.25, -0.2) is 0 Å². The molecule has 1 aromatic heterocycles. The molecule has 0 atom stereocenters. The summed E-state index contributed by atoms with van der Waals surface area (Å²) in [6.45, 7) is 0.545. The fourth-order valence-electron chi connectivity index (χ4n) is 1.62. The molecule has 0 spiro atoms. The molecule has 15 heavy (non-hydrogen) atoms. The van der Waals surface area contributed by atoms with Crippen LogP contribution in [0.4, 0.5) is 0 Å². The molecule has 0 saturated heterocycles. The molecule has 1 aromatic carbocycles. The molecule has 0 radical (unpaired) electrons. The minimum absolute atomic E-state index is 0. The summed E-state index contributed by atoms with van der Waals surface area (Å²) in [6, 6.07) is 2.93. The first-order valence-electron chi connectivity index (χ1n) is 4.44. The maximum atomic E-state index is 9.51. The molecule has 2 aromatic rings. The van der Waals surface area contributed by atoms with E-state index in [0.29, 0.717) is 12.1 Å². The molecule has 0 aliphatic heterocycles. The van der Waals surface area contributed by atoms with Gasteiger partial charge in [-0.1, -0.05) is 0 Å². The minimum atomic E-state index is 0. The lowest BCUT2D eigenvalue weighted by Gasteiger charge is -1.99. The van der Waals surface area contributed by atoms with Gasteiger partial charge in [0.15, 0.2) is 0 Å². The van der Waals surface area contributed by atoms with E-state index in [1.807, 2.05) is 0 Å². The Morgan fingerprint density at radius 2 is 2.00 bits per heavy atom. The van der Waals surface area contributed by atoms with E-state index < -0.39 is 0 Å². The van der Waals surface area contributed by atoms with Crippen molar-refractivity contribution in [3.8, 4) is 11.5 Å². The van der Waals surface area contributed by atoms with E-state index in [4.69, 9.17) is 5.73 Å². The molecule has 1 heterocycles. The second kappa shape index (κ2) is 4.42. The highest BCUT2D eigenvalue weighted by Crippen LogP contribution is 2.31. The summed E-state index contributed by atoms with van der Waals surface area (Å²) >= 11 is 0.